The fraction of sp³-hybridized carbons (Fsp3) is 1.00. The Bertz CT molecular complexity index is 206. The van der Waals surface area contributed by atoms with Gasteiger partial charge in [-0.1, -0.05) is 15.9 Å². The number of alkyl halides is 3. The number of rotatable bonds is 4. The number of hydrogen-bond acceptors (Lipinski definition) is 2. The van der Waals surface area contributed by atoms with E-state index >= 15 is 0 Å². The Morgan fingerprint density at radius 2 is 2.00 bits per heavy atom. The van der Waals surface area contributed by atoms with Crippen molar-refractivity contribution in [1.29, 1.82) is 0 Å². The van der Waals surface area contributed by atoms with Crippen molar-refractivity contribution in [3.8, 4) is 0 Å². The minimum absolute atomic E-state index is 0.305. The molecule has 1 N–H and O–H groups in total. The maximum atomic E-state index is 11.6. The van der Waals surface area contributed by atoms with Gasteiger partial charge >= 0.3 is 5.76 Å². The molecule has 0 radical (unpaired) electrons. The molecule has 0 saturated carbocycles. The van der Waals surface area contributed by atoms with Crippen molar-refractivity contribution in [1.82, 2.24) is 4.72 Å². The molecule has 1 atom stereocenters. The fourth-order valence-electron chi connectivity index (χ4n) is 0.363. The van der Waals surface area contributed by atoms with Gasteiger partial charge in [-0.05, 0) is 6.92 Å². The van der Waals surface area contributed by atoms with Crippen LogP contribution < -0.4 is 4.72 Å². The Labute approximate surface area is 72.3 Å². The smallest absolute Gasteiger partial charge is 0.207 e. The lowest BCUT2D eigenvalue weighted by Gasteiger charge is -2.09. The van der Waals surface area contributed by atoms with Crippen LogP contribution >= 0.6 is 15.9 Å². The van der Waals surface area contributed by atoms with Crippen molar-refractivity contribution < 1.29 is 17.2 Å². The Morgan fingerprint density at radius 1 is 1.55 bits per heavy atom. The molecule has 0 bridgehead atoms. The molecule has 0 aromatic carbocycles. The summed E-state index contributed by atoms with van der Waals surface area (Å²) >= 11 is 2.94. The SMILES string of the molecule is CC(CBr)NS(=O)(=O)C(F)F. The zero-order valence-electron chi connectivity index (χ0n) is 5.72. The van der Waals surface area contributed by atoms with E-state index < -0.39 is 21.8 Å². The van der Waals surface area contributed by atoms with E-state index in [1.807, 2.05) is 0 Å². The van der Waals surface area contributed by atoms with Gasteiger partial charge in [0.25, 0.3) is 10.0 Å². The van der Waals surface area contributed by atoms with E-state index in [1.165, 1.54) is 6.92 Å². The molecular formula is C4H8BrF2NO2S. The third-order valence-corrected chi connectivity index (χ3v) is 3.00. The summed E-state index contributed by atoms with van der Waals surface area (Å²) in [6.07, 6.45) is 0. The lowest BCUT2D eigenvalue weighted by Crippen LogP contribution is -2.37. The minimum Gasteiger partial charge on any atom is -0.207 e. The fourth-order valence-corrected chi connectivity index (χ4v) is 1.49. The number of halogens is 3. The molecule has 0 spiro atoms. The topological polar surface area (TPSA) is 46.2 Å². The zero-order chi connectivity index (χ0) is 9.07. The predicted molar refractivity (Wildman–Crippen MR) is 41.3 cm³/mol. The summed E-state index contributed by atoms with van der Waals surface area (Å²) in [4.78, 5) is 0. The second-order valence-corrected chi connectivity index (χ2v) is 4.31. The van der Waals surface area contributed by atoms with Crippen molar-refractivity contribution in [3.63, 3.8) is 0 Å². The highest BCUT2D eigenvalue weighted by Gasteiger charge is 2.24. The average molecular weight is 252 g/mol. The first-order chi connectivity index (χ1) is 4.90. The summed E-state index contributed by atoms with van der Waals surface area (Å²) in [5.74, 6) is -3.36. The average Bonchev–Trinajstić information content (AvgIpc) is 1.86. The van der Waals surface area contributed by atoms with Crippen molar-refractivity contribution in [2.75, 3.05) is 5.33 Å². The van der Waals surface area contributed by atoms with Gasteiger partial charge in [0.1, 0.15) is 0 Å². The minimum atomic E-state index is -4.42. The molecule has 0 aliphatic rings. The van der Waals surface area contributed by atoms with Gasteiger partial charge in [-0.15, -0.1) is 0 Å². The van der Waals surface area contributed by atoms with Gasteiger partial charge in [0.2, 0.25) is 0 Å². The molecule has 11 heavy (non-hydrogen) atoms. The van der Waals surface area contributed by atoms with Gasteiger partial charge in [0.15, 0.2) is 0 Å². The third kappa shape index (κ3) is 3.97. The largest absolute Gasteiger partial charge is 0.350 e. The monoisotopic (exact) mass is 251 g/mol. The molecule has 0 amide bonds. The molecule has 0 aromatic rings. The summed E-state index contributed by atoms with van der Waals surface area (Å²) < 4.78 is 45.9. The quantitative estimate of drug-likeness (QED) is 0.756. The molecule has 0 heterocycles. The number of nitrogens with one attached hydrogen (secondary N) is 1. The van der Waals surface area contributed by atoms with Crippen LogP contribution in [0.25, 0.3) is 0 Å². The zero-order valence-corrected chi connectivity index (χ0v) is 8.12. The van der Waals surface area contributed by atoms with Gasteiger partial charge in [-0.3, -0.25) is 0 Å². The van der Waals surface area contributed by atoms with Gasteiger partial charge in [0.05, 0.1) is 0 Å². The Morgan fingerprint density at radius 3 is 2.27 bits per heavy atom. The summed E-state index contributed by atoms with van der Waals surface area (Å²) in [5, 5.41) is 0.305. The van der Waals surface area contributed by atoms with E-state index in [2.05, 4.69) is 15.9 Å². The highest BCUT2D eigenvalue weighted by Crippen LogP contribution is 2.03. The first kappa shape index (κ1) is 11.2. The molecule has 0 rings (SSSR count). The molecule has 0 saturated heterocycles. The highest BCUT2D eigenvalue weighted by molar-refractivity contribution is 9.09. The molecule has 3 nitrogen and oxygen atoms in total. The highest BCUT2D eigenvalue weighted by atomic mass is 79.9. The van der Waals surface area contributed by atoms with Crippen LogP contribution in [0.1, 0.15) is 6.92 Å². The van der Waals surface area contributed by atoms with Crippen LogP contribution in [0, 0.1) is 0 Å². The van der Waals surface area contributed by atoms with Crippen LogP contribution in [-0.2, 0) is 10.0 Å². The maximum absolute atomic E-state index is 11.6. The van der Waals surface area contributed by atoms with E-state index in [4.69, 9.17) is 0 Å². The summed E-state index contributed by atoms with van der Waals surface area (Å²) in [7, 11) is -4.42. The molecule has 0 aromatic heterocycles. The Balaban J connectivity index is 4.15. The Hall–Kier alpha value is 0.250. The molecule has 7 heteroatoms. The van der Waals surface area contributed by atoms with Gasteiger partial charge < -0.3 is 0 Å². The second-order valence-electron chi connectivity index (χ2n) is 1.98. The standard InChI is InChI=1S/C4H8BrF2NO2S/c1-3(2-5)8-11(9,10)4(6)7/h3-4,8H,2H2,1H3. The van der Waals surface area contributed by atoms with E-state index in [0.717, 1.165) is 0 Å². The van der Waals surface area contributed by atoms with Crippen LogP contribution in [0.15, 0.2) is 0 Å². The van der Waals surface area contributed by atoms with E-state index in [1.54, 1.807) is 4.72 Å². The molecule has 0 aliphatic carbocycles. The molecule has 0 aliphatic heterocycles. The first-order valence-electron chi connectivity index (χ1n) is 2.75. The molecule has 1 unspecified atom stereocenters. The van der Waals surface area contributed by atoms with Crippen molar-refractivity contribution in [2.45, 2.75) is 18.7 Å². The van der Waals surface area contributed by atoms with Crippen molar-refractivity contribution >= 4 is 26.0 Å². The maximum Gasteiger partial charge on any atom is 0.350 e. The first-order valence-corrected chi connectivity index (χ1v) is 5.42. The van der Waals surface area contributed by atoms with Gasteiger partial charge in [-0.25, -0.2) is 13.1 Å². The second kappa shape index (κ2) is 4.32. The van der Waals surface area contributed by atoms with E-state index in [9.17, 15) is 17.2 Å². The van der Waals surface area contributed by atoms with Crippen LogP contribution in [0.2, 0.25) is 0 Å². The summed E-state index contributed by atoms with van der Waals surface area (Å²) in [6.45, 7) is 1.48. The normalized spacial score (nSPS) is 15.4. The van der Waals surface area contributed by atoms with E-state index in [0.29, 0.717) is 5.33 Å². The Kier molecular flexibility index (Phi) is 4.42. The molecule has 0 fully saturated rings. The molecule has 68 valence electrons. The predicted octanol–water partition coefficient (Wildman–Crippen LogP) is 0.912. The van der Waals surface area contributed by atoms with Crippen LogP contribution in [0.5, 0.6) is 0 Å². The van der Waals surface area contributed by atoms with Gasteiger partial charge in [-0.2, -0.15) is 8.78 Å². The summed E-state index contributed by atoms with van der Waals surface area (Å²) in [5.41, 5.74) is 0. The summed E-state index contributed by atoms with van der Waals surface area (Å²) in [6, 6.07) is -0.519. The van der Waals surface area contributed by atoms with Crippen LogP contribution in [0.4, 0.5) is 8.78 Å². The molecular weight excluding hydrogens is 244 g/mol. The van der Waals surface area contributed by atoms with Crippen LogP contribution in [-0.4, -0.2) is 25.5 Å². The lowest BCUT2D eigenvalue weighted by molar-refractivity contribution is 0.232. The van der Waals surface area contributed by atoms with Crippen molar-refractivity contribution in [2.24, 2.45) is 0 Å². The number of sulfonamides is 1. The van der Waals surface area contributed by atoms with Crippen LogP contribution in [0.3, 0.4) is 0 Å². The third-order valence-electron chi connectivity index (χ3n) is 0.831. The van der Waals surface area contributed by atoms with Gasteiger partial charge in [0, 0.05) is 11.4 Å². The number of hydrogen-bond donors (Lipinski definition) is 1. The lowest BCUT2D eigenvalue weighted by atomic mass is 10.4. The van der Waals surface area contributed by atoms with Crippen molar-refractivity contribution in [3.05, 3.63) is 0 Å². The van der Waals surface area contributed by atoms with E-state index in [-0.39, 0.29) is 0 Å².